The number of para-hydroxylation sites is 1. The first-order valence-electron chi connectivity index (χ1n) is 11.3. The predicted octanol–water partition coefficient (Wildman–Crippen LogP) is 5.56. The lowest BCUT2D eigenvalue weighted by Gasteiger charge is -2.53. The number of phenolic OH excluding ortho intramolecular Hbond substituents is 1. The number of nitrogens with one attached hydrogen (secondary N) is 2. The number of rotatable bonds is 2. The predicted molar refractivity (Wildman–Crippen MR) is 131 cm³/mol. The first-order chi connectivity index (χ1) is 15.1. The summed E-state index contributed by atoms with van der Waals surface area (Å²) >= 11 is 0. The van der Waals surface area contributed by atoms with Gasteiger partial charge in [-0.2, -0.15) is 0 Å². The highest BCUT2D eigenvalue weighted by Crippen LogP contribution is 2.38. The molecule has 0 unspecified atom stereocenters. The number of piperidine rings is 1. The van der Waals surface area contributed by atoms with Gasteiger partial charge in [0.1, 0.15) is 5.75 Å². The zero-order chi connectivity index (χ0) is 22.8. The molecule has 4 aromatic rings. The van der Waals surface area contributed by atoms with E-state index in [0.29, 0.717) is 5.56 Å². The van der Waals surface area contributed by atoms with E-state index < -0.39 is 0 Å². The third-order valence-electron chi connectivity index (χ3n) is 7.50. The fourth-order valence-electron chi connectivity index (χ4n) is 5.60. The minimum Gasteiger partial charge on any atom is -0.507 e. The molecule has 0 radical (unpaired) electrons. The van der Waals surface area contributed by atoms with E-state index in [1.54, 1.807) is 12.1 Å². The van der Waals surface area contributed by atoms with Crippen LogP contribution in [-0.2, 0) is 0 Å². The number of H-pyrrole nitrogens is 1. The number of carbonyl (C=O) groups excluding carboxylic acids is 1. The van der Waals surface area contributed by atoms with Crippen molar-refractivity contribution in [2.45, 2.75) is 57.7 Å². The number of nitrogens with zero attached hydrogens (tertiary/aromatic N) is 1. The van der Waals surface area contributed by atoms with Crippen LogP contribution in [0.15, 0.2) is 48.5 Å². The van der Waals surface area contributed by atoms with Gasteiger partial charge in [-0.25, -0.2) is 0 Å². The van der Waals surface area contributed by atoms with Gasteiger partial charge in [-0.3, -0.25) is 9.69 Å². The number of hydrogen-bond acceptors (Lipinski definition) is 3. The molecule has 0 spiro atoms. The zero-order valence-corrected chi connectivity index (χ0v) is 19.4. The van der Waals surface area contributed by atoms with Crippen molar-refractivity contribution in [1.29, 1.82) is 0 Å². The molecule has 1 aliphatic rings. The van der Waals surface area contributed by atoms with E-state index in [1.165, 1.54) is 0 Å². The fourth-order valence-corrected chi connectivity index (χ4v) is 5.60. The van der Waals surface area contributed by atoms with Crippen LogP contribution < -0.4 is 5.32 Å². The number of benzene rings is 3. The summed E-state index contributed by atoms with van der Waals surface area (Å²) in [7, 11) is 2.15. The average Bonchev–Trinajstić information content (AvgIpc) is 3.10. The molecule has 0 atom stereocenters. The maximum atomic E-state index is 13.2. The molecule has 1 saturated heterocycles. The van der Waals surface area contributed by atoms with E-state index in [2.05, 4.69) is 62.1 Å². The van der Waals surface area contributed by atoms with Gasteiger partial charge in [0.2, 0.25) is 0 Å². The summed E-state index contributed by atoms with van der Waals surface area (Å²) in [6.07, 6.45) is 1.73. The number of amides is 1. The number of hydrogen-bond donors (Lipinski definition) is 3. The van der Waals surface area contributed by atoms with Crippen molar-refractivity contribution in [2.75, 3.05) is 7.05 Å². The second-order valence-corrected chi connectivity index (χ2v) is 10.5. The maximum absolute atomic E-state index is 13.2. The largest absolute Gasteiger partial charge is 0.507 e. The monoisotopic (exact) mass is 429 g/mol. The molecule has 0 aliphatic carbocycles. The summed E-state index contributed by atoms with van der Waals surface area (Å²) < 4.78 is 0. The van der Waals surface area contributed by atoms with Crippen LogP contribution in [0.3, 0.4) is 0 Å². The molecule has 3 N–H and O–H groups in total. The Kier molecular flexibility index (Phi) is 4.54. The molecule has 5 nitrogen and oxygen atoms in total. The lowest BCUT2D eigenvalue weighted by atomic mass is 9.77. The highest BCUT2D eigenvalue weighted by molar-refractivity contribution is 6.18. The number of phenols is 1. The van der Waals surface area contributed by atoms with E-state index >= 15 is 0 Å². The molecule has 166 valence electrons. The minimum atomic E-state index is -0.220. The number of carbonyl (C=O) groups is 1. The fraction of sp³-hybridized carbons (Fsp3) is 0.370. The van der Waals surface area contributed by atoms with E-state index in [1.807, 2.05) is 24.3 Å². The summed E-state index contributed by atoms with van der Waals surface area (Å²) in [5, 5.41) is 18.1. The third kappa shape index (κ3) is 3.23. The second-order valence-electron chi connectivity index (χ2n) is 10.5. The standard InChI is InChI=1S/C27H31N3O2/c1-26(2)14-17(15-27(3,4)30(26)5)28-25(32)21-12-16-10-11-19-18-8-6-7-9-22(18)29-24(19)20(16)13-23(21)31/h6-13,17,29,31H,14-15H2,1-5H3,(H,28,32). The lowest BCUT2D eigenvalue weighted by Crippen LogP contribution is -2.62. The molecule has 2 heterocycles. The van der Waals surface area contributed by atoms with Crippen LogP contribution in [0.4, 0.5) is 0 Å². The van der Waals surface area contributed by atoms with E-state index in [0.717, 1.165) is 45.4 Å². The van der Waals surface area contributed by atoms with Crippen LogP contribution in [0.2, 0.25) is 0 Å². The normalized spacial score (nSPS) is 19.0. The van der Waals surface area contributed by atoms with Gasteiger partial charge in [-0.05, 0) is 71.2 Å². The van der Waals surface area contributed by atoms with Crippen LogP contribution >= 0.6 is 0 Å². The summed E-state index contributed by atoms with van der Waals surface area (Å²) in [6.45, 7) is 8.86. The summed E-state index contributed by atoms with van der Waals surface area (Å²) in [4.78, 5) is 19.1. The molecule has 1 aromatic heterocycles. The van der Waals surface area contributed by atoms with Gasteiger partial charge < -0.3 is 15.4 Å². The van der Waals surface area contributed by atoms with E-state index in [-0.39, 0.29) is 28.8 Å². The smallest absolute Gasteiger partial charge is 0.255 e. The van der Waals surface area contributed by atoms with Crippen molar-refractivity contribution in [1.82, 2.24) is 15.2 Å². The Balaban J connectivity index is 1.50. The SMILES string of the molecule is CN1C(C)(C)CC(NC(=O)c2cc3ccc4c5ccccc5[nH]c4c3cc2O)CC1(C)C. The van der Waals surface area contributed by atoms with E-state index in [9.17, 15) is 9.90 Å². The maximum Gasteiger partial charge on any atom is 0.255 e. The molecule has 1 fully saturated rings. The van der Waals surface area contributed by atoms with Crippen molar-refractivity contribution >= 4 is 38.5 Å². The molecular formula is C27H31N3O2. The van der Waals surface area contributed by atoms with Gasteiger partial charge in [0, 0.05) is 38.8 Å². The third-order valence-corrected chi connectivity index (χ3v) is 7.50. The number of aromatic hydroxyl groups is 1. The van der Waals surface area contributed by atoms with Crippen molar-refractivity contribution in [3.8, 4) is 5.75 Å². The Morgan fingerprint density at radius 2 is 1.69 bits per heavy atom. The molecule has 0 saturated carbocycles. The van der Waals surface area contributed by atoms with Crippen molar-refractivity contribution in [3.63, 3.8) is 0 Å². The van der Waals surface area contributed by atoms with Crippen molar-refractivity contribution in [2.24, 2.45) is 0 Å². The average molecular weight is 430 g/mol. The Labute approximate surface area is 188 Å². The van der Waals surface area contributed by atoms with Gasteiger partial charge in [0.15, 0.2) is 0 Å². The highest BCUT2D eigenvalue weighted by Gasteiger charge is 2.43. The van der Waals surface area contributed by atoms with Gasteiger partial charge in [-0.1, -0.05) is 30.3 Å². The van der Waals surface area contributed by atoms with Crippen molar-refractivity contribution < 1.29 is 9.90 Å². The van der Waals surface area contributed by atoms with Gasteiger partial charge in [0.25, 0.3) is 5.91 Å². The molecule has 32 heavy (non-hydrogen) atoms. The second kappa shape index (κ2) is 6.97. The molecule has 5 heteroatoms. The molecular weight excluding hydrogens is 398 g/mol. The first kappa shape index (κ1) is 20.8. The molecule has 5 rings (SSSR count). The van der Waals surface area contributed by atoms with Crippen LogP contribution in [0.5, 0.6) is 5.75 Å². The Morgan fingerprint density at radius 3 is 2.41 bits per heavy atom. The van der Waals surface area contributed by atoms with Gasteiger partial charge in [-0.15, -0.1) is 0 Å². The van der Waals surface area contributed by atoms with Gasteiger partial charge >= 0.3 is 0 Å². The number of aromatic amines is 1. The van der Waals surface area contributed by atoms with Crippen LogP contribution in [0.25, 0.3) is 32.6 Å². The van der Waals surface area contributed by atoms with Crippen LogP contribution in [-0.4, -0.2) is 45.1 Å². The molecule has 1 amide bonds. The Hall–Kier alpha value is -3.05. The summed E-state index contributed by atoms with van der Waals surface area (Å²) in [5.74, 6) is -0.213. The number of aromatic nitrogens is 1. The van der Waals surface area contributed by atoms with Crippen LogP contribution in [0, 0.1) is 0 Å². The number of likely N-dealkylation sites (tertiary alicyclic amines) is 1. The van der Waals surface area contributed by atoms with Crippen LogP contribution in [0.1, 0.15) is 50.9 Å². The summed E-state index contributed by atoms with van der Waals surface area (Å²) in [5.41, 5.74) is 2.31. The minimum absolute atomic E-state index is 0.00704. The Morgan fingerprint density at radius 1 is 1.00 bits per heavy atom. The topological polar surface area (TPSA) is 68.4 Å². The quantitative estimate of drug-likeness (QED) is 0.391. The highest BCUT2D eigenvalue weighted by atomic mass is 16.3. The van der Waals surface area contributed by atoms with Gasteiger partial charge in [0.05, 0.1) is 11.1 Å². The summed E-state index contributed by atoms with van der Waals surface area (Å²) in [6, 6.07) is 15.8. The lowest BCUT2D eigenvalue weighted by molar-refractivity contribution is -0.0169. The van der Waals surface area contributed by atoms with Crippen molar-refractivity contribution in [3.05, 3.63) is 54.1 Å². The molecule has 3 aromatic carbocycles. The Bertz CT molecular complexity index is 1350. The number of fused-ring (bicyclic) bond motifs is 5. The first-order valence-corrected chi connectivity index (χ1v) is 11.3. The molecule has 1 aliphatic heterocycles. The zero-order valence-electron chi connectivity index (χ0n) is 19.4. The van der Waals surface area contributed by atoms with E-state index in [4.69, 9.17) is 0 Å². The molecule has 0 bridgehead atoms.